The Bertz CT molecular complexity index is 377. The molecule has 1 aliphatic carbocycles. The van der Waals surface area contributed by atoms with E-state index < -0.39 is 0 Å². The molecule has 0 saturated heterocycles. The van der Waals surface area contributed by atoms with Crippen molar-refractivity contribution in [1.82, 2.24) is 15.2 Å². The number of hydrogen-bond acceptors (Lipinski definition) is 3. The molecule has 0 spiro atoms. The summed E-state index contributed by atoms with van der Waals surface area (Å²) in [5.41, 5.74) is 5.53. The zero-order valence-electron chi connectivity index (χ0n) is 12.4. The highest BCUT2D eigenvalue weighted by atomic mass is 15.3. The van der Waals surface area contributed by atoms with Gasteiger partial charge < -0.3 is 0 Å². The van der Waals surface area contributed by atoms with Crippen LogP contribution in [0.3, 0.4) is 0 Å². The van der Waals surface area contributed by atoms with Crippen LogP contribution >= 0.6 is 0 Å². The fraction of sp³-hybridized carbons (Fsp3) is 0.800. The van der Waals surface area contributed by atoms with Crippen LogP contribution in [-0.4, -0.2) is 15.8 Å². The molecule has 4 nitrogen and oxygen atoms in total. The first-order chi connectivity index (χ1) is 9.24. The largest absolute Gasteiger partial charge is 0.272 e. The third kappa shape index (κ3) is 3.80. The van der Waals surface area contributed by atoms with E-state index in [0.29, 0.717) is 12.0 Å². The smallest absolute Gasteiger partial charge is 0.0624 e. The molecule has 1 aliphatic rings. The van der Waals surface area contributed by atoms with Gasteiger partial charge in [-0.25, -0.2) is 0 Å². The number of hydrogen-bond donors (Lipinski definition) is 2. The van der Waals surface area contributed by atoms with Crippen LogP contribution in [0.2, 0.25) is 0 Å². The maximum absolute atomic E-state index is 5.81. The number of aryl methyl sites for hydroxylation is 2. The molecule has 4 heteroatoms. The van der Waals surface area contributed by atoms with Crippen molar-refractivity contribution >= 4 is 0 Å². The Labute approximate surface area is 116 Å². The third-order valence-electron chi connectivity index (χ3n) is 4.50. The highest BCUT2D eigenvalue weighted by molar-refractivity contribution is 5.11. The lowest BCUT2D eigenvalue weighted by molar-refractivity contribution is 0.316. The second-order valence-electron chi connectivity index (χ2n) is 5.83. The predicted molar refractivity (Wildman–Crippen MR) is 78.6 cm³/mol. The zero-order valence-corrected chi connectivity index (χ0v) is 12.4. The molecule has 1 aromatic rings. The van der Waals surface area contributed by atoms with Gasteiger partial charge in [-0.15, -0.1) is 0 Å². The Morgan fingerprint density at radius 3 is 2.58 bits per heavy atom. The summed E-state index contributed by atoms with van der Waals surface area (Å²) in [6, 6.07) is 2.61. The summed E-state index contributed by atoms with van der Waals surface area (Å²) in [5, 5.41) is 4.53. The highest BCUT2D eigenvalue weighted by Crippen LogP contribution is 2.27. The summed E-state index contributed by atoms with van der Waals surface area (Å²) < 4.78 is 2.01. The minimum atomic E-state index is 0.387. The van der Waals surface area contributed by atoms with Crippen LogP contribution in [-0.2, 0) is 19.9 Å². The number of rotatable bonds is 5. The maximum atomic E-state index is 5.81. The van der Waals surface area contributed by atoms with E-state index in [1.165, 1.54) is 49.9 Å². The molecule has 2 rings (SSSR count). The van der Waals surface area contributed by atoms with Gasteiger partial charge in [-0.3, -0.25) is 16.0 Å². The molecule has 108 valence electrons. The topological polar surface area (TPSA) is 55.9 Å². The summed E-state index contributed by atoms with van der Waals surface area (Å²) in [6.07, 6.45) is 10.1. The van der Waals surface area contributed by atoms with Crippen LogP contribution in [0.4, 0.5) is 0 Å². The molecule has 0 bridgehead atoms. The Morgan fingerprint density at radius 2 is 2.05 bits per heavy atom. The van der Waals surface area contributed by atoms with Crippen LogP contribution in [0, 0.1) is 5.92 Å². The second-order valence-corrected chi connectivity index (χ2v) is 5.83. The molecule has 0 aromatic carbocycles. The second kappa shape index (κ2) is 7.06. The van der Waals surface area contributed by atoms with Gasteiger partial charge in [-0.2, -0.15) is 5.10 Å². The summed E-state index contributed by atoms with van der Waals surface area (Å²) in [4.78, 5) is 0. The van der Waals surface area contributed by atoms with Crippen molar-refractivity contribution in [2.24, 2.45) is 18.8 Å². The van der Waals surface area contributed by atoms with Gasteiger partial charge in [0.1, 0.15) is 0 Å². The van der Waals surface area contributed by atoms with Crippen LogP contribution in [0.5, 0.6) is 0 Å². The Morgan fingerprint density at radius 1 is 1.37 bits per heavy atom. The van der Waals surface area contributed by atoms with E-state index in [0.717, 1.165) is 12.8 Å². The number of nitrogens with two attached hydrogens (primary N) is 1. The van der Waals surface area contributed by atoms with Gasteiger partial charge in [0, 0.05) is 25.2 Å². The molecule has 19 heavy (non-hydrogen) atoms. The standard InChI is InChI=1S/C15H28N4/c1-3-13-10-14(19(2)18-13)11-15(17-16)12-8-6-4-5-7-9-12/h10,12,15,17H,3-9,11,16H2,1-2H3. The van der Waals surface area contributed by atoms with Crippen LogP contribution in [0.25, 0.3) is 0 Å². The molecule has 1 atom stereocenters. The fourth-order valence-electron chi connectivity index (χ4n) is 3.24. The van der Waals surface area contributed by atoms with Crippen molar-refractivity contribution in [3.63, 3.8) is 0 Å². The molecular formula is C15H28N4. The van der Waals surface area contributed by atoms with Crippen LogP contribution in [0.1, 0.15) is 56.8 Å². The summed E-state index contributed by atoms with van der Waals surface area (Å²) in [6.45, 7) is 2.15. The van der Waals surface area contributed by atoms with Gasteiger partial charge in [-0.1, -0.05) is 32.6 Å². The zero-order chi connectivity index (χ0) is 13.7. The molecule has 1 heterocycles. The van der Waals surface area contributed by atoms with E-state index >= 15 is 0 Å². The van der Waals surface area contributed by atoms with Crippen molar-refractivity contribution in [3.8, 4) is 0 Å². The lowest BCUT2D eigenvalue weighted by Crippen LogP contribution is -2.42. The normalized spacial score (nSPS) is 19.3. The molecule has 1 saturated carbocycles. The van der Waals surface area contributed by atoms with E-state index in [1.54, 1.807) is 0 Å². The van der Waals surface area contributed by atoms with Crippen molar-refractivity contribution in [2.75, 3.05) is 0 Å². The lowest BCUT2D eigenvalue weighted by atomic mass is 9.89. The molecule has 1 fully saturated rings. The number of aromatic nitrogens is 2. The molecule has 0 amide bonds. The summed E-state index contributed by atoms with van der Waals surface area (Å²) in [7, 11) is 2.04. The lowest BCUT2D eigenvalue weighted by Gasteiger charge is -2.25. The predicted octanol–water partition coefficient (Wildman–Crippen LogP) is 2.33. The van der Waals surface area contributed by atoms with Gasteiger partial charge in [0.25, 0.3) is 0 Å². The van der Waals surface area contributed by atoms with Gasteiger partial charge in [0.15, 0.2) is 0 Å². The fourth-order valence-corrected chi connectivity index (χ4v) is 3.24. The first-order valence-corrected chi connectivity index (χ1v) is 7.72. The first kappa shape index (κ1) is 14.5. The summed E-state index contributed by atoms with van der Waals surface area (Å²) >= 11 is 0. The van der Waals surface area contributed by atoms with E-state index in [1.807, 2.05) is 11.7 Å². The third-order valence-corrected chi connectivity index (χ3v) is 4.50. The SMILES string of the molecule is CCc1cc(CC(NN)C2CCCCCC2)n(C)n1. The van der Waals surface area contributed by atoms with E-state index in [-0.39, 0.29) is 0 Å². The average molecular weight is 264 g/mol. The Kier molecular flexibility index (Phi) is 5.40. The summed E-state index contributed by atoms with van der Waals surface area (Å²) in [5.74, 6) is 6.53. The molecular weight excluding hydrogens is 236 g/mol. The van der Waals surface area contributed by atoms with Crippen molar-refractivity contribution < 1.29 is 0 Å². The minimum absolute atomic E-state index is 0.387. The van der Waals surface area contributed by atoms with E-state index in [9.17, 15) is 0 Å². The Balaban J connectivity index is 2.02. The molecule has 0 radical (unpaired) electrons. The first-order valence-electron chi connectivity index (χ1n) is 7.72. The average Bonchev–Trinajstić information content (AvgIpc) is 2.64. The van der Waals surface area contributed by atoms with Crippen molar-refractivity contribution in [3.05, 3.63) is 17.5 Å². The molecule has 1 unspecified atom stereocenters. The quantitative estimate of drug-likeness (QED) is 0.487. The van der Waals surface area contributed by atoms with Gasteiger partial charge in [0.05, 0.1) is 5.69 Å². The number of hydrazine groups is 1. The van der Waals surface area contributed by atoms with Crippen LogP contribution in [0.15, 0.2) is 6.07 Å². The van der Waals surface area contributed by atoms with E-state index in [2.05, 4.69) is 23.5 Å². The molecule has 3 N–H and O–H groups in total. The van der Waals surface area contributed by atoms with Crippen molar-refractivity contribution in [1.29, 1.82) is 0 Å². The molecule has 0 aliphatic heterocycles. The van der Waals surface area contributed by atoms with Gasteiger partial charge in [-0.05, 0) is 31.2 Å². The number of nitrogens with one attached hydrogen (secondary N) is 1. The highest BCUT2D eigenvalue weighted by Gasteiger charge is 2.23. The van der Waals surface area contributed by atoms with E-state index in [4.69, 9.17) is 5.84 Å². The monoisotopic (exact) mass is 264 g/mol. The minimum Gasteiger partial charge on any atom is -0.272 e. The maximum Gasteiger partial charge on any atom is 0.0624 e. The van der Waals surface area contributed by atoms with Gasteiger partial charge >= 0.3 is 0 Å². The van der Waals surface area contributed by atoms with Gasteiger partial charge in [0.2, 0.25) is 0 Å². The number of nitrogens with zero attached hydrogens (tertiary/aromatic N) is 2. The Hall–Kier alpha value is -0.870. The van der Waals surface area contributed by atoms with Crippen molar-refractivity contribution in [2.45, 2.75) is 64.3 Å². The van der Waals surface area contributed by atoms with Crippen LogP contribution < -0.4 is 11.3 Å². The molecule has 1 aromatic heterocycles.